The van der Waals surface area contributed by atoms with Crippen molar-refractivity contribution in [2.45, 2.75) is 6.35 Å². The average Bonchev–Trinajstić information content (AvgIpc) is 2.71. The Balaban J connectivity index is 1.85. The van der Waals surface area contributed by atoms with Crippen LogP contribution in [0.15, 0.2) is 77.9 Å². The molecule has 0 amide bonds. The lowest BCUT2D eigenvalue weighted by Crippen LogP contribution is -2.53. The van der Waals surface area contributed by atoms with Gasteiger partial charge in [-0.25, -0.2) is 5.01 Å². The number of hydrogen-bond acceptors (Lipinski definition) is 7. The number of benzene rings is 3. The Morgan fingerprint density at radius 2 is 1.54 bits per heavy atom. The van der Waals surface area contributed by atoms with Gasteiger partial charge in [0.2, 0.25) is 6.35 Å². The van der Waals surface area contributed by atoms with E-state index >= 15 is 0 Å². The second-order valence-corrected chi connectivity index (χ2v) is 6.39. The van der Waals surface area contributed by atoms with E-state index in [1.807, 2.05) is 18.2 Å². The molecule has 142 valence electrons. The molecule has 7 nitrogen and oxygen atoms in total. The summed E-state index contributed by atoms with van der Waals surface area (Å²) in [4.78, 5) is 1.50. The maximum atomic E-state index is 11.0. The van der Waals surface area contributed by atoms with Gasteiger partial charge < -0.3 is 25.3 Å². The van der Waals surface area contributed by atoms with Gasteiger partial charge in [0, 0.05) is 11.6 Å². The van der Waals surface area contributed by atoms with Crippen LogP contribution in [0.2, 0.25) is 0 Å². The standard InChI is InChI=1S/C21H19N3O4/c25-15-10-11-20(27)18(12-15)23-13-17(16-8-4-5-9-19(16)26)22-24(21(23)28)14-6-2-1-3-7-14/h1-12,21,25-28H,13H2. The predicted molar refractivity (Wildman–Crippen MR) is 107 cm³/mol. The molecule has 0 radical (unpaired) electrons. The smallest absolute Gasteiger partial charge is 0.228 e. The van der Waals surface area contributed by atoms with Crippen molar-refractivity contribution in [3.8, 4) is 17.2 Å². The lowest BCUT2D eigenvalue weighted by Gasteiger charge is -2.40. The maximum Gasteiger partial charge on any atom is 0.228 e. The Morgan fingerprint density at radius 3 is 2.29 bits per heavy atom. The van der Waals surface area contributed by atoms with E-state index in [2.05, 4.69) is 5.10 Å². The number of aliphatic hydroxyl groups excluding tert-OH is 1. The number of hydrogen-bond donors (Lipinski definition) is 4. The second-order valence-electron chi connectivity index (χ2n) is 6.39. The van der Waals surface area contributed by atoms with E-state index in [9.17, 15) is 20.4 Å². The van der Waals surface area contributed by atoms with E-state index in [1.165, 1.54) is 28.1 Å². The molecule has 3 aromatic rings. The van der Waals surface area contributed by atoms with Crippen LogP contribution in [-0.4, -0.2) is 39.0 Å². The predicted octanol–water partition coefficient (Wildman–Crippen LogP) is 2.81. The average molecular weight is 377 g/mol. The number of aliphatic hydroxyl groups is 1. The lowest BCUT2D eigenvalue weighted by atomic mass is 10.1. The topological polar surface area (TPSA) is 99.8 Å². The maximum absolute atomic E-state index is 11.0. The molecule has 0 saturated heterocycles. The summed E-state index contributed by atoms with van der Waals surface area (Å²) in [7, 11) is 0. The number of nitrogens with zero attached hydrogens (tertiary/aromatic N) is 3. The Hall–Kier alpha value is -3.71. The molecule has 1 atom stereocenters. The van der Waals surface area contributed by atoms with Gasteiger partial charge in [0.25, 0.3) is 0 Å². The highest BCUT2D eigenvalue weighted by molar-refractivity contribution is 6.06. The van der Waals surface area contributed by atoms with Gasteiger partial charge in [-0.1, -0.05) is 30.3 Å². The first-order valence-corrected chi connectivity index (χ1v) is 8.71. The van der Waals surface area contributed by atoms with Crippen LogP contribution < -0.4 is 9.91 Å². The zero-order chi connectivity index (χ0) is 19.7. The van der Waals surface area contributed by atoms with Crippen molar-refractivity contribution in [3.63, 3.8) is 0 Å². The minimum Gasteiger partial charge on any atom is -0.508 e. The molecule has 1 aliphatic heterocycles. The summed E-state index contributed by atoms with van der Waals surface area (Å²) >= 11 is 0. The largest absolute Gasteiger partial charge is 0.508 e. The third-order valence-corrected chi connectivity index (χ3v) is 4.55. The molecule has 0 bridgehead atoms. The van der Waals surface area contributed by atoms with Crippen LogP contribution in [0.4, 0.5) is 11.4 Å². The summed E-state index contributed by atoms with van der Waals surface area (Å²) in [6.07, 6.45) is -1.23. The molecular formula is C21H19N3O4. The molecule has 3 aromatic carbocycles. The van der Waals surface area contributed by atoms with Crippen LogP contribution in [0.1, 0.15) is 5.56 Å². The molecule has 1 aliphatic rings. The van der Waals surface area contributed by atoms with Crippen LogP contribution in [0.3, 0.4) is 0 Å². The fraction of sp³-hybridized carbons (Fsp3) is 0.0952. The van der Waals surface area contributed by atoms with Crippen molar-refractivity contribution < 1.29 is 20.4 Å². The number of phenols is 3. The summed E-state index contributed by atoms with van der Waals surface area (Å²) in [5, 5.41) is 47.4. The summed E-state index contributed by atoms with van der Waals surface area (Å²) < 4.78 is 0. The van der Waals surface area contributed by atoms with Crippen LogP contribution in [0.5, 0.6) is 17.2 Å². The van der Waals surface area contributed by atoms with Gasteiger partial charge in [-0.05, 0) is 36.4 Å². The highest BCUT2D eigenvalue weighted by Crippen LogP contribution is 2.35. The molecule has 4 rings (SSSR count). The van der Waals surface area contributed by atoms with Crippen LogP contribution in [-0.2, 0) is 0 Å². The van der Waals surface area contributed by atoms with Crippen molar-refractivity contribution in [2.75, 3.05) is 16.5 Å². The minimum absolute atomic E-state index is 0.0436. The van der Waals surface area contributed by atoms with Crippen molar-refractivity contribution in [2.24, 2.45) is 5.10 Å². The monoisotopic (exact) mass is 377 g/mol. The van der Waals surface area contributed by atoms with Crippen LogP contribution in [0.25, 0.3) is 0 Å². The van der Waals surface area contributed by atoms with E-state index in [0.29, 0.717) is 17.0 Å². The molecule has 0 aromatic heterocycles. The van der Waals surface area contributed by atoms with Crippen LogP contribution >= 0.6 is 0 Å². The fourth-order valence-corrected chi connectivity index (χ4v) is 3.17. The minimum atomic E-state index is -1.23. The van der Waals surface area contributed by atoms with Gasteiger partial charge >= 0.3 is 0 Å². The Bertz CT molecular complexity index is 1020. The van der Waals surface area contributed by atoms with Crippen molar-refractivity contribution in [1.82, 2.24) is 0 Å². The molecule has 28 heavy (non-hydrogen) atoms. The zero-order valence-electron chi connectivity index (χ0n) is 14.8. The number of anilines is 2. The summed E-state index contributed by atoms with van der Waals surface area (Å²) in [6, 6.07) is 20.0. The third-order valence-electron chi connectivity index (χ3n) is 4.55. The molecule has 1 unspecified atom stereocenters. The number of rotatable bonds is 3. The zero-order valence-corrected chi connectivity index (χ0v) is 14.8. The number of aromatic hydroxyl groups is 3. The van der Waals surface area contributed by atoms with Gasteiger partial charge in [-0.3, -0.25) is 0 Å². The van der Waals surface area contributed by atoms with Crippen LogP contribution in [0, 0.1) is 0 Å². The first-order valence-electron chi connectivity index (χ1n) is 8.71. The highest BCUT2D eigenvalue weighted by Gasteiger charge is 2.32. The number of hydrazone groups is 1. The number of para-hydroxylation sites is 2. The first-order chi connectivity index (χ1) is 13.5. The molecule has 0 saturated carbocycles. The molecular weight excluding hydrogens is 358 g/mol. The van der Waals surface area contributed by atoms with Gasteiger partial charge in [0.1, 0.15) is 17.2 Å². The SMILES string of the molecule is Oc1ccc(O)c(N2CC(c3ccccc3O)=NN(c3ccccc3)C2O)c1. The molecule has 0 fully saturated rings. The third kappa shape index (κ3) is 3.19. The summed E-state index contributed by atoms with van der Waals surface area (Å²) in [6.45, 7) is 0.110. The second kappa shape index (κ2) is 7.13. The Kier molecular flexibility index (Phi) is 4.50. The molecule has 1 heterocycles. The Labute approximate surface area is 161 Å². The summed E-state index contributed by atoms with van der Waals surface area (Å²) in [5.41, 5.74) is 1.89. The van der Waals surface area contributed by atoms with Gasteiger partial charge in [-0.2, -0.15) is 5.10 Å². The molecule has 0 spiro atoms. The van der Waals surface area contributed by atoms with Gasteiger partial charge in [0.05, 0.1) is 23.6 Å². The van der Waals surface area contributed by atoms with Gasteiger partial charge in [-0.15, -0.1) is 0 Å². The normalized spacial score (nSPS) is 16.8. The van der Waals surface area contributed by atoms with Crippen molar-refractivity contribution in [1.29, 1.82) is 0 Å². The van der Waals surface area contributed by atoms with E-state index in [1.54, 1.807) is 36.4 Å². The fourth-order valence-electron chi connectivity index (χ4n) is 3.17. The summed E-state index contributed by atoms with van der Waals surface area (Å²) in [5.74, 6) is -0.0768. The van der Waals surface area contributed by atoms with E-state index in [0.717, 1.165) is 0 Å². The van der Waals surface area contributed by atoms with Gasteiger partial charge in [0.15, 0.2) is 0 Å². The lowest BCUT2D eigenvalue weighted by molar-refractivity contribution is 0.162. The highest BCUT2D eigenvalue weighted by atomic mass is 16.3. The van der Waals surface area contributed by atoms with E-state index in [4.69, 9.17) is 0 Å². The van der Waals surface area contributed by atoms with Crippen molar-refractivity contribution >= 4 is 17.1 Å². The van der Waals surface area contributed by atoms with E-state index in [-0.39, 0.29) is 29.5 Å². The first kappa shape index (κ1) is 17.7. The molecule has 0 aliphatic carbocycles. The quantitative estimate of drug-likeness (QED) is 0.524. The van der Waals surface area contributed by atoms with E-state index < -0.39 is 6.35 Å². The molecule has 7 heteroatoms. The number of phenolic OH excluding ortho intramolecular Hbond substituents is 3. The van der Waals surface area contributed by atoms with Crippen molar-refractivity contribution in [3.05, 3.63) is 78.4 Å². The molecule has 4 N–H and O–H groups in total. The Morgan fingerprint density at radius 1 is 0.821 bits per heavy atom.